The Balaban J connectivity index is 1.91. The van der Waals surface area contributed by atoms with E-state index in [1.165, 1.54) is 0 Å². The van der Waals surface area contributed by atoms with E-state index in [4.69, 9.17) is 5.73 Å². The third kappa shape index (κ3) is 2.80. The number of carbonyl (C=O) groups excluding carboxylic acids is 2. The summed E-state index contributed by atoms with van der Waals surface area (Å²) in [6, 6.07) is 7.34. The summed E-state index contributed by atoms with van der Waals surface area (Å²) in [4.78, 5) is 22.7. The van der Waals surface area contributed by atoms with Gasteiger partial charge in [0.2, 0.25) is 11.8 Å². The van der Waals surface area contributed by atoms with Crippen molar-refractivity contribution >= 4 is 17.5 Å². The van der Waals surface area contributed by atoms with Crippen LogP contribution in [0.3, 0.4) is 0 Å². The third-order valence-electron chi connectivity index (χ3n) is 2.98. The molecule has 0 saturated carbocycles. The van der Waals surface area contributed by atoms with Crippen molar-refractivity contribution in [3.8, 4) is 0 Å². The second-order valence-corrected chi connectivity index (χ2v) is 4.64. The minimum atomic E-state index is -0.412. The summed E-state index contributed by atoms with van der Waals surface area (Å²) >= 11 is 0. The smallest absolute Gasteiger partial charge is 0.243 e. The SMILES string of the molecule is CC(CC(N)=O)NC(=O)[C@@H]1Cc2ccccc2N1. The van der Waals surface area contributed by atoms with Crippen LogP contribution >= 0.6 is 0 Å². The summed E-state index contributed by atoms with van der Waals surface area (Å²) in [5.41, 5.74) is 7.22. The van der Waals surface area contributed by atoms with E-state index in [-0.39, 0.29) is 24.4 Å². The van der Waals surface area contributed by atoms with Crippen molar-refractivity contribution in [2.75, 3.05) is 5.32 Å². The number of hydrogen-bond donors (Lipinski definition) is 3. The molecular formula is C13H17N3O2. The highest BCUT2D eigenvalue weighted by Crippen LogP contribution is 2.25. The first-order valence-electron chi connectivity index (χ1n) is 5.99. The molecule has 96 valence electrons. The molecule has 1 aliphatic rings. The van der Waals surface area contributed by atoms with Crippen LogP contribution in [0, 0.1) is 0 Å². The van der Waals surface area contributed by atoms with Crippen molar-refractivity contribution in [2.24, 2.45) is 5.73 Å². The summed E-state index contributed by atoms with van der Waals surface area (Å²) in [5.74, 6) is -0.509. The monoisotopic (exact) mass is 247 g/mol. The molecule has 1 unspecified atom stereocenters. The maximum absolute atomic E-state index is 12.0. The number of anilines is 1. The standard InChI is InChI=1S/C13H17N3O2/c1-8(6-12(14)17)15-13(18)11-7-9-4-2-3-5-10(9)16-11/h2-5,8,11,16H,6-7H2,1H3,(H2,14,17)(H,15,18)/t8?,11-/m0/s1. The van der Waals surface area contributed by atoms with Gasteiger partial charge in [0.1, 0.15) is 6.04 Å². The van der Waals surface area contributed by atoms with Crippen LogP contribution in [0.15, 0.2) is 24.3 Å². The number of rotatable bonds is 4. The van der Waals surface area contributed by atoms with Crippen molar-refractivity contribution in [1.29, 1.82) is 0 Å². The molecule has 18 heavy (non-hydrogen) atoms. The molecule has 0 aliphatic carbocycles. The van der Waals surface area contributed by atoms with Crippen LogP contribution < -0.4 is 16.4 Å². The molecular weight excluding hydrogens is 230 g/mol. The van der Waals surface area contributed by atoms with Crippen molar-refractivity contribution in [3.05, 3.63) is 29.8 Å². The average Bonchev–Trinajstić information content (AvgIpc) is 2.71. The molecule has 2 amide bonds. The van der Waals surface area contributed by atoms with E-state index in [0.29, 0.717) is 6.42 Å². The quantitative estimate of drug-likeness (QED) is 0.720. The zero-order chi connectivity index (χ0) is 13.1. The van der Waals surface area contributed by atoms with Crippen molar-refractivity contribution in [2.45, 2.75) is 31.8 Å². The van der Waals surface area contributed by atoms with Gasteiger partial charge >= 0.3 is 0 Å². The predicted molar refractivity (Wildman–Crippen MR) is 69.0 cm³/mol. The van der Waals surface area contributed by atoms with Gasteiger partial charge in [-0.15, -0.1) is 0 Å². The Hall–Kier alpha value is -2.04. The minimum absolute atomic E-state index is 0.0973. The van der Waals surface area contributed by atoms with E-state index in [2.05, 4.69) is 10.6 Å². The Bertz CT molecular complexity index is 448. The van der Waals surface area contributed by atoms with Crippen LogP contribution in [0.25, 0.3) is 0 Å². The first kappa shape index (κ1) is 12.4. The van der Waals surface area contributed by atoms with E-state index in [1.54, 1.807) is 6.92 Å². The number of para-hydroxylation sites is 1. The molecule has 1 aromatic rings. The molecule has 0 bridgehead atoms. The zero-order valence-corrected chi connectivity index (χ0v) is 10.3. The lowest BCUT2D eigenvalue weighted by Crippen LogP contribution is -2.44. The second-order valence-electron chi connectivity index (χ2n) is 4.64. The molecule has 0 radical (unpaired) electrons. The first-order valence-corrected chi connectivity index (χ1v) is 5.99. The first-order chi connectivity index (χ1) is 8.56. The lowest BCUT2D eigenvalue weighted by atomic mass is 10.1. The molecule has 2 atom stereocenters. The van der Waals surface area contributed by atoms with Gasteiger partial charge in [-0.3, -0.25) is 9.59 Å². The highest BCUT2D eigenvalue weighted by atomic mass is 16.2. The second kappa shape index (κ2) is 5.08. The number of fused-ring (bicyclic) bond motifs is 1. The Morgan fingerprint density at radius 1 is 1.50 bits per heavy atom. The van der Waals surface area contributed by atoms with E-state index < -0.39 is 5.91 Å². The van der Waals surface area contributed by atoms with E-state index in [0.717, 1.165) is 11.3 Å². The van der Waals surface area contributed by atoms with Gasteiger partial charge in [0.25, 0.3) is 0 Å². The van der Waals surface area contributed by atoms with Crippen LogP contribution in [-0.2, 0) is 16.0 Å². The maximum atomic E-state index is 12.0. The average molecular weight is 247 g/mol. The summed E-state index contributed by atoms with van der Waals surface area (Å²) in [6.45, 7) is 1.77. The van der Waals surface area contributed by atoms with Gasteiger partial charge in [-0.05, 0) is 18.6 Å². The van der Waals surface area contributed by atoms with Crippen molar-refractivity contribution in [3.63, 3.8) is 0 Å². The topological polar surface area (TPSA) is 84.2 Å². The summed E-state index contributed by atoms with van der Waals surface area (Å²) < 4.78 is 0. The Morgan fingerprint density at radius 3 is 2.89 bits per heavy atom. The van der Waals surface area contributed by atoms with E-state index in [9.17, 15) is 9.59 Å². The summed E-state index contributed by atoms with van der Waals surface area (Å²) in [5, 5.41) is 5.95. The van der Waals surface area contributed by atoms with Crippen molar-refractivity contribution in [1.82, 2.24) is 5.32 Å². The van der Waals surface area contributed by atoms with Crippen LogP contribution in [0.5, 0.6) is 0 Å². The predicted octanol–water partition coefficient (Wildman–Crippen LogP) is 0.403. The number of carbonyl (C=O) groups is 2. The van der Waals surface area contributed by atoms with Gasteiger partial charge in [0.15, 0.2) is 0 Å². The number of nitrogens with two attached hydrogens (primary N) is 1. The molecule has 0 fully saturated rings. The molecule has 5 heteroatoms. The molecule has 1 heterocycles. The van der Waals surface area contributed by atoms with Crippen LogP contribution in [0.1, 0.15) is 18.9 Å². The lowest BCUT2D eigenvalue weighted by molar-refractivity contribution is -0.123. The highest BCUT2D eigenvalue weighted by Gasteiger charge is 2.27. The van der Waals surface area contributed by atoms with Gasteiger partial charge < -0.3 is 16.4 Å². The van der Waals surface area contributed by atoms with E-state index in [1.807, 2.05) is 24.3 Å². The number of hydrogen-bond acceptors (Lipinski definition) is 3. The lowest BCUT2D eigenvalue weighted by Gasteiger charge is -2.16. The number of amides is 2. The fourth-order valence-corrected chi connectivity index (χ4v) is 2.15. The van der Waals surface area contributed by atoms with Crippen LogP contribution in [0.2, 0.25) is 0 Å². The highest BCUT2D eigenvalue weighted by molar-refractivity contribution is 5.88. The molecule has 0 aromatic heterocycles. The molecule has 0 spiro atoms. The molecule has 5 nitrogen and oxygen atoms in total. The normalized spacial score (nSPS) is 18.6. The molecule has 4 N–H and O–H groups in total. The molecule has 0 saturated heterocycles. The minimum Gasteiger partial charge on any atom is -0.373 e. The van der Waals surface area contributed by atoms with E-state index >= 15 is 0 Å². The van der Waals surface area contributed by atoms with Crippen LogP contribution in [0.4, 0.5) is 5.69 Å². The molecule has 1 aromatic carbocycles. The van der Waals surface area contributed by atoms with Gasteiger partial charge in [-0.25, -0.2) is 0 Å². The Labute approximate surface area is 106 Å². The van der Waals surface area contributed by atoms with Gasteiger partial charge in [0.05, 0.1) is 0 Å². The fourth-order valence-electron chi connectivity index (χ4n) is 2.15. The Kier molecular flexibility index (Phi) is 3.50. The molecule has 1 aliphatic heterocycles. The summed E-state index contributed by atoms with van der Waals surface area (Å²) in [7, 11) is 0. The largest absolute Gasteiger partial charge is 0.373 e. The fraction of sp³-hybridized carbons (Fsp3) is 0.385. The van der Waals surface area contributed by atoms with Gasteiger partial charge in [-0.1, -0.05) is 18.2 Å². The van der Waals surface area contributed by atoms with Gasteiger partial charge in [-0.2, -0.15) is 0 Å². The van der Waals surface area contributed by atoms with Gasteiger partial charge in [0, 0.05) is 24.6 Å². The maximum Gasteiger partial charge on any atom is 0.243 e. The molecule has 2 rings (SSSR count). The number of benzene rings is 1. The van der Waals surface area contributed by atoms with Crippen molar-refractivity contribution < 1.29 is 9.59 Å². The van der Waals surface area contributed by atoms with Crippen LogP contribution in [-0.4, -0.2) is 23.9 Å². The number of nitrogens with one attached hydrogen (secondary N) is 2. The third-order valence-corrected chi connectivity index (χ3v) is 2.98. The summed E-state index contributed by atoms with van der Waals surface area (Å²) in [6.07, 6.45) is 0.830. The Morgan fingerprint density at radius 2 is 2.22 bits per heavy atom. The zero-order valence-electron chi connectivity index (χ0n) is 10.3. The number of primary amides is 1.